The molecule has 0 rings (SSSR count). The fourth-order valence-corrected chi connectivity index (χ4v) is 9.01. The van der Waals surface area contributed by atoms with Crippen LogP contribution in [0.5, 0.6) is 0 Å². The summed E-state index contributed by atoms with van der Waals surface area (Å²) in [6.45, 7) is 9.96. The molecular formula is C24H68O16Si5. The minimum atomic E-state index is -3.17. The molecule has 45 heavy (non-hydrogen) atoms. The molecule has 0 aliphatic heterocycles. The van der Waals surface area contributed by atoms with Gasteiger partial charge in [-0.1, -0.05) is 34.1 Å². The van der Waals surface area contributed by atoms with Gasteiger partial charge in [-0.15, -0.1) is 0 Å². The Bertz CT molecular complexity index is 540. The summed E-state index contributed by atoms with van der Waals surface area (Å²) in [6.07, 6.45) is 1.03. The summed E-state index contributed by atoms with van der Waals surface area (Å²) in [4.78, 5) is 8.91. The second-order valence-electron chi connectivity index (χ2n) is 8.68. The van der Waals surface area contributed by atoms with Gasteiger partial charge in [0.2, 0.25) is 0 Å². The van der Waals surface area contributed by atoms with Crippen molar-refractivity contribution in [2.75, 3.05) is 107 Å². The molecular weight excluding hydrogens is 685 g/mol. The third-order valence-corrected chi connectivity index (χ3v) is 18.9. The van der Waals surface area contributed by atoms with Gasteiger partial charge in [-0.3, -0.25) is 0 Å². The van der Waals surface area contributed by atoms with Crippen LogP contribution in [0.3, 0.4) is 0 Å². The Morgan fingerprint density at radius 1 is 0.444 bits per heavy atom. The summed E-state index contributed by atoms with van der Waals surface area (Å²) in [7, 11) is 11.3. The van der Waals surface area contributed by atoms with Crippen molar-refractivity contribution in [3.63, 3.8) is 0 Å². The molecule has 0 aromatic rings. The Hall–Kier alpha value is 0.444. The lowest BCUT2D eigenvalue weighted by Crippen LogP contribution is -2.45. The van der Waals surface area contributed by atoms with E-state index in [0.717, 1.165) is 18.5 Å². The summed E-state index contributed by atoms with van der Waals surface area (Å²) < 4.78 is 74.6. The molecule has 0 fully saturated rings. The van der Waals surface area contributed by atoms with E-state index >= 15 is 0 Å². The van der Waals surface area contributed by atoms with Crippen LogP contribution >= 0.6 is 0 Å². The van der Waals surface area contributed by atoms with Gasteiger partial charge in [0.15, 0.2) is 0 Å². The van der Waals surface area contributed by atoms with Crippen LogP contribution in [0, 0.1) is 0 Å². The predicted molar refractivity (Wildman–Crippen MR) is 183 cm³/mol. The molecule has 0 heterocycles. The van der Waals surface area contributed by atoms with Crippen LogP contribution in [0.4, 0.5) is 0 Å². The van der Waals surface area contributed by atoms with Crippen molar-refractivity contribution >= 4 is 44.3 Å². The lowest BCUT2D eigenvalue weighted by atomic mass is 10.6. The first-order valence-electron chi connectivity index (χ1n) is 14.0. The third kappa shape index (κ3) is 23.4. The van der Waals surface area contributed by atoms with Crippen LogP contribution in [0.25, 0.3) is 0 Å². The van der Waals surface area contributed by atoms with Crippen molar-refractivity contribution in [3.05, 3.63) is 0 Å². The van der Waals surface area contributed by atoms with E-state index in [9.17, 15) is 0 Å². The molecule has 0 atom stereocenters. The molecule has 0 aliphatic rings. The highest BCUT2D eigenvalue weighted by atomic mass is 28.4. The number of rotatable bonds is 19. The molecule has 0 spiro atoms. The fourth-order valence-electron chi connectivity index (χ4n) is 3.00. The Balaban J connectivity index is -0.000000149. The lowest BCUT2D eigenvalue weighted by molar-refractivity contribution is 0.0418. The lowest BCUT2D eigenvalue weighted by Gasteiger charge is -2.27. The minimum absolute atomic E-state index is 0.312. The van der Waals surface area contributed by atoms with E-state index < -0.39 is 44.3 Å². The van der Waals surface area contributed by atoms with Crippen molar-refractivity contribution in [2.45, 2.75) is 58.3 Å². The van der Waals surface area contributed by atoms with Crippen LogP contribution in [-0.4, -0.2) is 156 Å². The predicted octanol–water partition coefficient (Wildman–Crippen LogP) is 3.28. The quantitative estimate of drug-likeness (QED) is 0.192. The first kappa shape index (κ1) is 54.9. The molecule has 0 amide bonds. The van der Waals surface area contributed by atoms with E-state index in [0.29, 0.717) is 5.54 Å². The normalized spacial score (nSPS) is 12.1. The Kier molecular flexibility index (Phi) is 38.7. The van der Waals surface area contributed by atoms with Gasteiger partial charge in [0.1, 0.15) is 0 Å². The molecule has 1 N–H and O–H groups in total. The summed E-state index contributed by atoms with van der Waals surface area (Å²) in [5.74, 6) is 0. The van der Waals surface area contributed by atoms with Crippen LogP contribution in [-0.2, 0) is 66.4 Å². The highest BCUT2D eigenvalue weighted by Gasteiger charge is 2.41. The van der Waals surface area contributed by atoms with Crippen LogP contribution in [0.15, 0.2) is 0 Å². The zero-order valence-electron chi connectivity index (χ0n) is 31.8. The molecule has 0 saturated carbocycles. The van der Waals surface area contributed by atoms with E-state index in [-0.39, 0.29) is 0 Å². The van der Waals surface area contributed by atoms with Gasteiger partial charge in [-0.2, -0.15) is 0 Å². The van der Waals surface area contributed by atoms with Crippen molar-refractivity contribution in [1.29, 1.82) is 0 Å². The first-order valence-corrected chi connectivity index (χ1v) is 23.5. The van der Waals surface area contributed by atoms with Crippen molar-refractivity contribution < 1.29 is 71.2 Å². The molecule has 21 heteroatoms. The summed E-state index contributed by atoms with van der Waals surface area (Å²) in [5, 5.41) is 0. The second kappa shape index (κ2) is 31.7. The summed E-state index contributed by atoms with van der Waals surface area (Å²) in [6, 6.07) is 1.70. The van der Waals surface area contributed by atoms with Crippen LogP contribution in [0.1, 0.15) is 34.1 Å². The molecule has 16 nitrogen and oxygen atoms in total. The van der Waals surface area contributed by atoms with E-state index in [1.807, 2.05) is 27.3 Å². The SMILES string of the molecule is CCC[Si](OC)(OC)OC.CC[Si](OC)(OC)OC.CO[Si](C)(OC)OC.CO[Si](O)(OC)OC.CO[Si](OC)(OC)C(C)C. The fraction of sp³-hybridized carbons (Fsp3) is 1.00. The first-order chi connectivity index (χ1) is 21.0. The standard InChI is InChI=1S/2C6H16O3Si.C5H14O3Si.C4H12O3Si.C3H10O4Si/c1-6(2)10(7-3,8-4)9-5;1-5-6-10(7-2,8-3)9-4;1-5-9(6-2,7-3)8-4;2*1-5-8(4,6-2)7-3/h6H,1-5H3;5-6H2,1-4H3;5H2,1-4H3;1-4H3;4H,1-3H3. The molecule has 280 valence electrons. The monoisotopic (exact) mass is 752 g/mol. The molecule has 0 bridgehead atoms. The van der Waals surface area contributed by atoms with Crippen molar-refractivity contribution in [1.82, 2.24) is 0 Å². The average molecular weight is 753 g/mol. The summed E-state index contributed by atoms with van der Waals surface area (Å²) in [5.41, 5.74) is 0.312. The van der Waals surface area contributed by atoms with E-state index in [1.54, 1.807) is 85.3 Å². The number of hydrogen-bond acceptors (Lipinski definition) is 16. The van der Waals surface area contributed by atoms with Gasteiger partial charge in [-0.05, 0) is 0 Å². The molecule has 0 aromatic heterocycles. The highest BCUT2D eigenvalue weighted by Crippen LogP contribution is 2.21. The van der Waals surface area contributed by atoms with E-state index in [2.05, 4.69) is 20.2 Å². The smallest absolute Gasteiger partial charge is 0.377 e. The summed E-state index contributed by atoms with van der Waals surface area (Å²) >= 11 is 0. The van der Waals surface area contributed by atoms with Crippen molar-refractivity contribution in [2.24, 2.45) is 0 Å². The minimum Gasteiger partial charge on any atom is -0.377 e. The molecule has 0 aliphatic carbocycles. The molecule has 0 radical (unpaired) electrons. The maximum Gasteiger partial charge on any atom is 0.676 e. The maximum absolute atomic E-state index is 8.91. The Labute approximate surface area is 280 Å². The third-order valence-electron chi connectivity index (χ3n) is 6.30. The van der Waals surface area contributed by atoms with Gasteiger partial charge >= 0.3 is 44.3 Å². The second-order valence-corrected chi connectivity index (χ2v) is 23.9. The molecule has 0 aromatic carbocycles. The zero-order chi connectivity index (χ0) is 36.8. The average Bonchev–Trinajstić information content (AvgIpc) is 3.10. The van der Waals surface area contributed by atoms with Crippen molar-refractivity contribution in [3.8, 4) is 0 Å². The van der Waals surface area contributed by atoms with Gasteiger partial charge in [-0.25, -0.2) is 0 Å². The highest BCUT2D eigenvalue weighted by molar-refractivity contribution is 6.62. The van der Waals surface area contributed by atoms with Gasteiger partial charge in [0, 0.05) is 131 Å². The Morgan fingerprint density at radius 2 is 0.733 bits per heavy atom. The van der Waals surface area contributed by atoms with E-state index in [1.165, 1.54) is 21.3 Å². The number of hydrogen-bond donors (Lipinski definition) is 1. The van der Waals surface area contributed by atoms with Gasteiger partial charge < -0.3 is 71.2 Å². The Morgan fingerprint density at radius 3 is 0.756 bits per heavy atom. The molecule has 0 saturated heterocycles. The van der Waals surface area contributed by atoms with Gasteiger partial charge in [0.05, 0.1) is 0 Å². The van der Waals surface area contributed by atoms with Crippen LogP contribution in [0.2, 0.25) is 24.2 Å². The van der Waals surface area contributed by atoms with Gasteiger partial charge in [0.25, 0.3) is 0 Å². The van der Waals surface area contributed by atoms with Crippen LogP contribution < -0.4 is 0 Å². The maximum atomic E-state index is 8.91. The molecule has 0 unspecified atom stereocenters. The zero-order valence-corrected chi connectivity index (χ0v) is 36.8. The topological polar surface area (TPSA) is 159 Å². The van der Waals surface area contributed by atoms with E-state index in [4.69, 9.17) is 57.9 Å². The largest absolute Gasteiger partial charge is 0.676 e.